The third-order valence-corrected chi connectivity index (χ3v) is 3.30. The Morgan fingerprint density at radius 3 is 2.54 bits per heavy atom. The fourth-order valence-electron chi connectivity index (χ4n) is 2.14. The highest BCUT2D eigenvalue weighted by Crippen LogP contribution is 2.36. The third kappa shape index (κ3) is 2.42. The molecule has 2 N–H and O–H groups in total. The second-order valence-electron chi connectivity index (χ2n) is 4.62. The van der Waals surface area contributed by atoms with E-state index in [2.05, 4.69) is 17.3 Å². The van der Waals surface area contributed by atoms with Crippen LogP contribution in [-0.2, 0) is 0 Å². The van der Waals surface area contributed by atoms with Gasteiger partial charge in [-0.15, -0.1) is 0 Å². The predicted octanol–water partition coefficient (Wildman–Crippen LogP) is 0.195. The first kappa shape index (κ1) is 9.44. The Hall–Kier alpha value is -0.120. The first-order valence-corrected chi connectivity index (χ1v) is 5.33. The van der Waals surface area contributed by atoms with Gasteiger partial charge in [-0.3, -0.25) is 0 Å². The quantitative estimate of drug-likeness (QED) is 0.657. The summed E-state index contributed by atoms with van der Waals surface area (Å²) in [7, 11) is 2.15. The van der Waals surface area contributed by atoms with E-state index in [-0.39, 0.29) is 5.60 Å². The molecule has 0 amide bonds. The van der Waals surface area contributed by atoms with Gasteiger partial charge in [0.2, 0.25) is 0 Å². The normalized spacial score (nSPS) is 27.9. The van der Waals surface area contributed by atoms with Crippen molar-refractivity contribution in [3.63, 3.8) is 0 Å². The molecular weight excluding hydrogens is 164 g/mol. The Morgan fingerprint density at radius 1 is 1.38 bits per heavy atom. The second kappa shape index (κ2) is 3.56. The third-order valence-electron chi connectivity index (χ3n) is 3.30. The zero-order chi connectivity index (χ0) is 9.31. The highest BCUT2D eigenvalue weighted by molar-refractivity contribution is 4.96. The number of rotatable bonds is 3. The van der Waals surface area contributed by atoms with Crippen LogP contribution in [0.4, 0.5) is 0 Å². The van der Waals surface area contributed by atoms with Gasteiger partial charge in [0, 0.05) is 12.6 Å². The zero-order valence-corrected chi connectivity index (χ0v) is 8.42. The number of nitrogens with zero attached hydrogens (tertiary/aromatic N) is 1. The van der Waals surface area contributed by atoms with Crippen molar-refractivity contribution in [2.24, 2.45) is 0 Å². The maximum absolute atomic E-state index is 9.77. The van der Waals surface area contributed by atoms with Crippen LogP contribution in [-0.4, -0.2) is 48.3 Å². The molecule has 2 aliphatic rings. The van der Waals surface area contributed by atoms with Gasteiger partial charge in [0.1, 0.15) is 0 Å². The van der Waals surface area contributed by atoms with Crippen LogP contribution in [0.15, 0.2) is 0 Å². The molecule has 0 spiro atoms. The fourth-order valence-corrected chi connectivity index (χ4v) is 2.14. The number of nitrogens with one attached hydrogen (secondary N) is 1. The zero-order valence-electron chi connectivity index (χ0n) is 8.42. The van der Waals surface area contributed by atoms with E-state index >= 15 is 0 Å². The number of likely N-dealkylation sites (N-methyl/N-ethyl adjacent to an activating group) is 1. The van der Waals surface area contributed by atoms with Gasteiger partial charge in [0.25, 0.3) is 0 Å². The monoisotopic (exact) mass is 184 g/mol. The summed E-state index contributed by atoms with van der Waals surface area (Å²) in [5, 5.41) is 13.1. The average Bonchev–Trinajstić information content (AvgIpc) is 2.85. The van der Waals surface area contributed by atoms with E-state index in [0.717, 1.165) is 32.5 Å². The molecule has 0 bridgehead atoms. The molecule has 76 valence electrons. The molecule has 13 heavy (non-hydrogen) atoms. The van der Waals surface area contributed by atoms with Crippen molar-refractivity contribution in [3.8, 4) is 0 Å². The Bertz CT molecular complexity index is 174. The van der Waals surface area contributed by atoms with Crippen LogP contribution in [0.3, 0.4) is 0 Å². The maximum Gasteiger partial charge on any atom is 0.0776 e. The minimum Gasteiger partial charge on any atom is -0.389 e. The number of piperidine rings is 1. The molecule has 3 heteroatoms. The van der Waals surface area contributed by atoms with Crippen molar-refractivity contribution in [2.75, 3.05) is 26.7 Å². The van der Waals surface area contributed by atoms with E-state index in [1.54, 1.807) is 0 Å². The van der Waals surface area contributed by atoms with E-state index in [4.69, 9.17) is 0 Å². The van der Waals surface area contributed by atoms with Gasteiger partial charge in [0.15, 0.2) is 0 Å². The molecule has 1 saturated carbocycles. The molecule has 0 radical (unpaired) electrons. The van der Waals surface area contributed by atoms with Crippen LogP contribution < -0.4 is 5.32 Å². The molecule has 2 fully saturated rings. The van der Waals surface area contributed by atoms with E-state index in [1.807, 2.05) is 0 Å². The summed E-state index contributed by atoms with van der Waals surface area (Å²) in [6, 6.07) is 0.686. The predicted molar refractivity (Wildman–Crippen MR) is 52.7 cm³/mol. The van der Waals surface area contributed by atoms with Crippen LogP contribution in [0.25, 0.3) is 0 Å². The molecule has 0 unspecified atom stereocenters. The fraction of sp³-hybridized carbons (Fsp3) is 1.00. The van der Waals surface area contributed by atoms with Crippen LogP contribution >= 0.6 is 0 Å². The number of hydrogen-bond donors (Lipinski definition) is 2. The molecule has 0 aromatic carbocycles. The van der Waals surface area contributed by atoms with E-state index < -0.39 is 0 Å². The smallest absolute Gasteiger partial charge is 0.0776 e. The summed E-state index contributed by atoms with van der Waals surface area (Å²) >= 11 is 0. The van der Waals surface area contributed by atoms with Crippen molar-refractivity contribution in [1.82, 2.24) is 10.2 Å². The van der Waals surface area contributed by atoms with Gasteiger partial charge in [-0.25, -0.2) is 0 Å². The minimum atomic E-state index is -0.320. The van der Waals surface area contributed by atoms with Crippen molar-refractivity contribution in [3.05, 3.63) is 0 Å². The highest BCUT2D eigenvalue weighted by Gasteiger charge is 2.42. The number of hydrogen-bond acceptors (Lipinski definition) is 3. The summed E-state index contributed by atoms with van der Waals surface area (Å²) in [6.45, 7) is 3.14. The van der Waals surface area contributed by atoms with Gasteiger partial charge in [0.05, 0.1) is 5.60 Å². The van der Waals surface area contributed by atoms with E-state index in [0.29, 0.717) is 6.04 Å². The van der Waals surface area contributed by atoms with Crippen molar-refractivity contribution < 1.29 is 5.11 Å². The second-order valence-corrected chi connectivity index (χ2v) is 4.62. The van der Waals surface area contributed by atoms with Gasteiger partial charge in [-0.05, 0) is 45.8 Å². The molecule has 2 rings (SSSR count). The minimum absolute atomic E-state index is 0.320. The van der Waals surface area contributed by atoms with Crippen molar-refractivity contribution >= 4 is 0 Å². The van der Waals surface area contributed by atoms with E-state index in [9.17, 15) is 5.11 Å². The van der Waals surface area contributed by atoms with E-state index in [1.165, 1.54) is 12.8 Å². The summed E-state index contributed by atoms with van der Waals surface area (Å²) < 4.78 is 0. The van der Waals surface area contributed by atoms with Crippen LogP contribution in [0, 0.1) is 0 Å². The Balaban J connectivity index is 1.77. The van der Waals surface area contributed by atoms with Gasteiger partial charge in [-0.2, -0.15) is 0 Å². The lowest BCUT2D eigenvalue weighted by Gasteiger charge is -2.32. The lowest BCUT2D eigenvalue weighted by Crippen LogP contribution is -2.44. The molecule has 1 heterocycles. The van der Waals surface area contributed by atoms with Crippen LogP contribution in [0.1, 0.15) is 25.7 Å². The molecule has 1 aliphatic carbocycles. The summed E-state index contributed by atoms with van der Waals surface area (Å²) in [6.07, 6.45) is 4.46. The van der Waals surface area contributed by atoms with Crippen molar-refractivity contribution in [1.29, 1.82) is 0 Å². The first-order valence-electron chi connectivity index (χ1n) is 5.33. The average molecular weight is 184 g/mol. The molecule has 0 atom stereocenters. The lowest BCUT2D eigenvalue weighted by molar-refractivity contribution is 0.0758. The largest absolute Gasteiger partial charge is 0.389 e. The molecule has 1 aliphatic heterocycles. The topological polar surface area (TPSA) is 35.5 Å². The molecule has 0 aromatic heterocycles. The Kier molecular flexibility index (Phi) is 2.58. The van der Waals surface area contributed by atoms with Gasteiger partial charge in [-0.1, -0.05) is 0 Å². The summed E-state index contributed by atoms with van der Waals surface area (Å²) in [5.74, 6) is 0. The number of aliphatic hydroxyl groups is 1. The van der Waals surface area contributed by atoms with Crippen LogP contribution in [0.5, 0.6) is 0 Å². The van der Waals surface area contributed by atoms with Crippen LogP contribution in [0.2, 0.25) is 0 Å². The maximum atomic E-state index is 9.77. The Labute approximate surface area is 80.1 Å². The molecule has 3 nitrogen and oxygen atoms in total. The SMILES string of the molecule is CN(CC1(O)CC1)C1CCNCC1. The van der Waals surface area contributed by atoms with Crippen molar-refractivity contribution in [2.45, 2.75) is 37.3 Å². The highest BCUT2D eigenvalue weighted by atomic mass is 16.3. The lowest BCUT2D eigenvalue weighted by atomic mass is 10.0. The van der Waals surface area contributed by atoms with Gasteiger partial charge >= 0.3 is 0 Å². The summed E-state index contributed by atoms with van der Waals surface area (Å²) in [4.78, 5) is 2.34. The molecular formula is C10H20N2O. The standard InChI is InChI=1S/C10H20N2O/c1-12(8-10(13)4-5-10)9-2-6-11-7-3-9/h9,11,13H,2-8H2,1H3. The van der Waals surface area contributed by atoms with Gasteiger partial charge < -0.3 is 15.3 Å². The molecule has 0 aromatic rings. The summed E-state index contributed by atoms with van der Waals surface area (Å²) in [5.41, 5.74) is -0.320. The first-order chi connectivity index (χ1) is 6.20. The molecule has 1 saturated heterocycles. The Morgan fingerprint density at radius 2 is 2.00 bits per heavy atom.